The molecule has 3 heterocycles. The van der Waals surface area contributed by atoms with E-state index >= 15 is 0 Å². The van der Waals surface area contributed by atoms with Crippen LogP contribution in [0.3, 0.4) is 0 Å². The van der Waals surface area contributed by atoms with Gasteiger partial charge in [-0.05, 0) is 55.0 Å². The summed E-state index contributed by atoms with van der Waals surface area (Å²) in [5.41, 5.74) is 1.15. The highest BCUT2D eigenvalue weighted by atomic mass is 32.1. The van der Waals surface area contributed by atoms with Crippen LogP contribution in [-0.4, -0.2) is 42.1 Å². The monoisotopic (exact) mass is 348 g/mol. The van der Waals surface area contributed by atoms with Crippen LogP contribution in [0.2, 0.25) is 0 Å². The van der Waals surface area contributed by atoms with Gasteiger partial charge in [0.15, 0.2) is 5.78 Å². The van der Waals surface area contributed by atoms with Gasteiger partial charge in [0.2, 0.25) is 11.8 Å². The number of nitrogens with one attached hydrogen (secondary N) is 1. The van der Waals surface area contributed by atoms with Gasteiger partial charge < -0.3 is 10.2 Å². The molecule has 0 unspecified atom stereocenters. The van der Waals surface area contributed by atoms with E-state index in [1.807, 2.05) is 16.3 Å². The molecule has 1 aromatic rings. The molecule has 0 radical (unpaired) electrons. The van der Waals surface area contributed by atoms with Crippen molar-refractivity contribution in [3.05, 3.63) is 21.9 Å². The molecule has 5 nitrogen and oxygen atoms in total. The Balaban J connectivity index is 1.54. The average molecular weight is 348 g/mol. The lowest BCUT2D eigenvalue weighted by Gasteiger charge is -2.41. The number of hydrogen-bond donors (Lipinski definition) is 1. The lowest BCUT2D eigenvalue weighted by Crippen LogP contribution is -2.44. The predicted octanol–water partition coefficient (Wildman–Crippen LogP) is 2.40. The highest BCUT2D eigenvalue weighted by Gasteiger charge is 2.37. The Kier molecular flexibility index (Phi) is 5.04. The van der Waals surface area contributed by atoms with Crippen molar-refractivity contribution in [1.29, 1.82) is 0 Å². The van der Waals surface area contributed by atoms with Gasteiger partial charge in [0.05, 0.1) is 11.3 Å². The summed E-state index contributed by atoms with van der Waals surface area (Å²) in [6, 6.07) is 1.83. The summed E-state index contributed by atoms with van der Waals surface area (Å²) in [4.78, 5) is 38.1. The molecule has 6 heteroatoms. The number of thiophene rings is 1. The zero-order valence-electron chi connectivity index (χ0n) is 14.1. The topological polar surface area (TPSA) is 66.5 Å². The first-order chi connectivity index (χ1) is 11.5. The van der Waals surface area contributed by atoms with Crippen LogP contribution in [-0.2, 0) is 16.0 Å². The fourth-order valence-corrected chi connectivity index (χ4v) is 4.54. The number of ketones is 1. The fraction of sp³-hybridized carbons (Fsp3) is 0.611. The number of hydrogen-bond acceptors (Lipinski definition) is 4. The largest absolute Gasteiger partial charge is 0.356 e. The first-order valence-electron chi connectivity index (χ1n) is 8.60. The minimum absolute atomic E-state index is 0.0510. The summed E-state index contributed by atoms with van der Waals surface area (Å²) in [6.07, 6.45) is 4.90. The Morgan fingerprint density at radius 2 is 2.00 bits per heavy atom. The number of piperidine rings is 1. The SMILES string of the molecule is CC(=O)c1cc(CC(=O)N2CCC3(CCNC(=O)CC3)CC2)cs1. The first kappa shape index (κ1) is 17.1. The normalized spacial score (nSPS) is 20.5. The van der Waals surface area contributed by atoms with Crippen LogP contribution in [0.1, 0.15) is 54.3 Å². The smallest absolute Gasteiger partial charge is 0.227 e. The third kappa shape index (κ3) is 3.86. The van der Waals surface area contributed by atoms with Crippen LogP contribution in [0.5, 0.6) is 0 Å². The highest BCUT2D eigenvalue weighted by Crippen LogP contribution is 2.40. The van der Waals surface area contributed by atoms with Gasteiger partial charge in [-0.3, -0.25) is 14.4 Å². The number of carbonyl (C=O) groups excluding carboxylic acids is 3. The van der Waals surface area contributed by atoms with Gasteiger partial charge in [-0.2, -0.15) is 0 Å². The van der Waals surface area contributed by atoms with Crippen LogP contribution >= 0.6 is 11.3 Å². The Morgan fingerprint density at radius 1 is 1.25 bits per heavy atom. The molecule has 0 saturated carbocycles. The molecule has 0 aliphatic carbocycles. The van der Waals surface area contributed by atoms with Gasteiger partial charge >= 0.3 is 0 Å². The maximum atomic E-state index is 12.5. The molecule has 1 spiro atoms. The van der Waals surface area contributed by atoms with Crippen molar-refractivity contribution in [2.45, 2.75) is 45.4 Å². The van der Waals surface area contributed by atoms with Crippen molar-refractivity contribution in [3.8, 4) is 0 Å². The third-order valence-electron chi connectivity index (χ3n) is 5.39. The lowest BCUT2D eigenvalue weighted by atomic mass is 9.73. The molecule has 0 aromatic carbocycles. The molecular formula is C18H24N2O3S. The minimum Gasteiger partial charge on any atom is -0.356 e. The molecular weight excluding hydrogens is 324 g/mol. The van der Waals surface area contributed by atoms with Crippen molar-refractivity contribution < 1.29 is 14.4 Å². The van der Waals surface area contributed by atoms with E-state index in [4.69, 9.17) is 0 Å². The number of rotatable bonds is 3. The van der Waals surface area contributed by atoms with Crippen LogP contribution < -0.4 is 5.32 Å². The van der Waals surface area contributed by atoms with E-state index < -0.39 is 0 Å². The van der Waals surface area contributed by atoms with Gasteiger partial charge in [0.25, 0.3) is 0 Å². The molecule has 2 amide bonds. The first-order valence-corrected chi connectivity index (χ1v) is 9.48. The summed E-state index contributed by atoms with van der Waals surface area (Å²) < 4.78 is 0. The van der Waals surface area contributed by atoms with Gasteiger partial charge in [-0.25, -0.2) is 0 Å². The van der Waals surface area contributed by atoms with E-state index in [0.29, 0.717) is 17.7 Å². The third-order valence-corrected chi connectivity index (χ3v) is 6.47. The van der Waals surface area contributed by atoms with Crippen molar-refractivity contribution in [3.63, 3.8) is 0 Å². The van der Waals surface area contributed by atoms with Gasteiger partial charge in [-0.1, -0.05) is 0 Å². The molecule has 3 rings (SSSR count). The van der Waals surface area contributed by atoms with Crippen LogP contribution in [0.15, 0.2) is 11.4 Å². The van der Waals surface area contributed by atoms with Crippen LogP contribution in [0.25, 0.3) is 0 Å². The second kappa shape index (κ2) is 7.05. The molecule has 2 fully saturated rings. The molecule has 1 N–H and O–H groups in total. The molecule has 24 heavy (non-hydrogen) atoms. The number of nitrogens with zero attached hydrogens (tertiary/aromatic N) is 1. The molecule has 1 aromatic heterocycles. The molecule has 0 bridgehead atoms. The maximum Gasteiger partial charge on any atom is 0.227 e. The summed E-state index contributed by atoms with van der Waals surface area (Å²) in [7, 11) is 0. The summed E-state index contributed by atoms with van der Waals surface area (Å²) in [5.74, 6) is 0.347. The zero-order chi connectivity index (χ0) is 17.2. The van der Waals surface area contributed by atoms with E-state index in [-0.39, 0.29) is 23.0 Å². The number of amides is 2. The Hall–Kier alpha value is -1.69. The Morgan fingerprint density at radius 3 is 2.67 bits per heavy atom. The number of Topliss-reactive ketones (excluding diaryl/α,β-unsaturated/α-hetero) is 1. The molecule has 0 atom stereocenters. The average Bonchev–Trinajstić information content (AvgIpc) is 2.95. The lowest BCUT2D eigenvalue weighted by molar-refractivity contribution is -0.133. The van der Waals surface area contributed by atoms with E-state index in [0.717, 1.165) is 50.9 Å². The van der Waals surface area contributed by atoms with Gasteiger partial charge in [0, 0.05) is 26.1 Å². The van der Waals surface area contributed by atoms with E-state index in [2.05, 4.69) is 5.32 Å². The van der Waals surface area contributed by atoms with Crippen molar-refractivity contribution in [2.75, 3.05) is 19.6 Å². The Bertz CT molecular complexity index is 644. The van der Waals surface area contributed by atoms with E-state index in [1.165, 1.54) is 11.3 Å². The molecule has 2 aliphatic rings. The van der Waals surface area contributed by atoms with Crippen LogP contribution in [0, 0.1) is 5.41 Å². The predicted molar refractivity (Wildman–Crippen MR) is 93.1 cm³/mol. The molecule has 130 valence electrons. The second-order valence-electron chi connectivity index (χ2n) is 7.03. The summed E-state index contributed by atoms with van der Waals surface area (Å²) >= 11 is 1.41. The summed E-state index contributed by atoms with van der Waals surface area (Å²) in [5, 5.41) is 4.85. The zero-order valence-corrected chi connectivity index (χ0v) is 14.9. The standard InChI is InChI=1S/C18H24N2O3S/c1-13(21)15-10-14(12-24-15)11-17(23)20-8-5-18(6-9-20)3-2-16(22)19-7-4-18/h10,12H,2-9,11H2,1H3,(H,19,22). The number of carbonyl (C=O) groups is 3. The minimum atomic E-state index is 0.0510. The van der Waals surface area contributed by atoms with Gasteiger partial charge in [0.1, 0.15) is 0 Å². The van der Waals surface area contributed by atoms with E-state index in [9.17, 15) is 14.4 Å². The Labute approximate surface area is 146 Å². The quantitative estimate of drug-likeness (QED) is 0.853. The van der Waals surface area contributed by atoms with Crippen molar-refractivity contribution >= 4 is 28.9 Å². The summed E-state index contributed by atoms with van der Waals surface area (Å²) in [6.45, 7) is 3.86. The van der Waals surface area contributed by atoms with Crippen LogP contribution in [0.4, 0.5) is 0 Å². The van der Waals surface area contributed by atoms with Gasteiger partial charge in [-0.15, -0.1) is 11.3 Å². The fourth-order valence-electron chi connectivity index (χ4n) is 3.73. The van der Waals surface area contributed by atoms with E-state index in [1.54, 1.807) is 6.92 Å². The molecule has 2 saturated heterocycles. The number of likely N-dealkylation sites (tertiary alicyclic amines) is 1. The highest BCUT2D eigenvalue weighted by molar-refractivity contribution is 7.12. The maximum absolute atomic E-state index is 12.5. The van der Waals surface area contributed by atoms with Crippen molar-refractivity contribution in [1.82, 2.24) is 10.2 Å². The molecule has 2 aliphatic heterocycles. The van der Waals surface area contributed by atoms with Crippen molar-refractivity contribution in [2.24, 2.45) is 5.41 Å². The second-order valence-corrected chi connectivity index (χ2v) is 7.94.